The first kappa shape index (κ1) is 90.8. The molecule has 0 saturated carbocycles. The first-order chi connectivity index (χ1) is 45.1. The fraction of sp³-hybridized carbons (Fsp3) is 0.944. The first-order valence-electron chi connectivity index (χ1n) is 38.0. The highest BCUT2D eigenvalue weighted by Gasteiger charge is 2.27. The predicted molar refractivity (Wildman–Crippen MR) is 376 cm³/mol. The van der Waals surface area contributed by atoms with Gasteiger partial charge < -0.3 is 50.4 Å². The SMILES string of the molecule is CCCCCCCCCCCCCC(=O)N[C@H](COCC[C@@H](CCCCCCC)OC(=O)CCCCCCCCCCC)COP(=O)(O)OCCNC(=O)NCCOP(=O)(O)OC[C@H](COCC[C@H](O)CCCCCCC)NC(=O)CCCCCCCCCCCCC. The molecule has 93 heavy (non-hydrogen) atoms. The minimum absolute atomic E-state index is 0.00878. The summed E-state index contributed by atoms with van der Waals surface area (Å²) >= 11 is 0. The predicted octanol–water partition coefficient (Wildman–Crippen LogP) is 17.7. The summed E-state index contributed by atoms with van der Waals surface area (Å²) in [6, 6.07) is -2.27. The molecule has 0 fully saturated rings. The number of aliphatic hydroxyl groups excluding tert-OH is 1. The molecule has 0 aromatic heterocycles. The lowest BCUT2D eigenvalue weighted by molar-refractivity contribution is -0.150. The minimum Gasteiger partial charge on any atom is -0.462 e. The second-order valence-corrected chi connectivity index (χ2v) is 28.9. The molecule has 0 spiro atoms. The van der Waals surface area contributed by atoms with Gasteiger partial charge in [0.2, 0.25) is 11.8 Å². The van der Waals surface area contributed by atoms with Crippen LogP contribution < -0.4 is 21.3 Å². The number of nitrogens with one attached hydrogen (secondary N) is 4. The van der Waals surface area contributed by atoms with Gasteiger partial charge in [0.1, 0.15) is 6.10 Å². The Kier molecular flexibility index (Phi) is 65.4. The fourth-order valence-corrected chi connectivity index (χ4v) is 12.5. The zero-order valence-electron chi connectivity index (χ0n) is 59.9. The van der Waals surface area contributed by atoms with Crippen LogP contribution in [-0.2, 0) is 55.8 Å². The number of unbranched alkanes of at least 4 members (excludes halogenated alkanes) is 36. The van der Waals surface area contributed by atoms with Gasteiger partial charge in [0, 0.05) is 45.4 Å². The molecule has 7 N–H and O–H groups in total. The Bertz CT molecular complexity index is 1810. The molecule has 0 heterocycles. The fourth-order valence-electron chi connectivity index (χ4n) is 11.0. The molecule has 0 aliphatic heterocycles. The molecule has 2 unspecified atom stereocenters. The van der Waals surface area contributed by atoms with Crippen LogP contribution in [0.2, 0.25) is 0 Å². The summed E-state index contributed by atoms with van der Waals surface area (Å²) < 4.78 is 64.7. The number of hydrogen-bond acceptors (Lipinski definition) is 14. The number of phosphoric acid groups is 2. The molecule has 6 atom stereocenters. The van der Waals surface area contributed by atoms with Gasteiger partial charge in [-0.15, -0.1) is 0 Å². The molecule has 552 valence electrons. The number of urea groups is 1. The lowest BCUT2D eigenvalue weighted by Gasteiger charge is -2.22. The first-order valence-corrected chi connectivity index (χ1v) is 41.0. The van der Waals surface area contributed by atoms with E-state index in [2.05, 4.69) is 55.9 Å². The maximum Gasteiger partial charge on any atom is 0.472 e. The van der Waals surface area contributed by atoms with Crippen molar-refractivity contribution in [1.29, 1.82) is 0 Å². The number of amides is 4. The van der Waals surface area contributed by atoms with Crippen LogP contribution in [-0.4, -0.2) is 129 Å². The van der Waals surface area contributed by atoms with Crippen molar-refractivity contribution in [3.63, 3.8) is 0 Å². The third-order valence-electron chi connectivity index (χ3n) is 16.8. The topological polar surface area (TPSA) is 276 Å². The zero-order valence-corrected chi connectivity index (χ0v) is 61.7. The number of ether oxygens (including phenoxy) is 3. The largest absolute Gasteiger partial charge is 0.472 e. The van der Waals surface area contributed by atoms with Crippen molar-refractivity contribution in [3.8, 4) is 0 Å². The Morgan fingerprint density at radius 1 is 0.355 bits per heavy atom. The summed E-state index contributed by atoms with van der Waals surface area (Å²) in [4.78, 5) is 72.9. The van der Waals surface area contributed by atoms with E-state index in [1.807, 2.05) is 0 Å². The van der Waals surface area contributed by atoms with Crippen LogP contribution in [0.1, 0.15) is 343 Å². The number of carbonyl (C=O) groups excluding carboxylic acids is 4. The van der Waals surface area contributed by atoms with Crippen LogP contribution in [0, 0.1) is 0 Å². The lowest BCUT2D eigenvalue weighted by atomic mass is 10.1. The Hall–Kier alpha value is -2.22. The molecule has 20 nitrogen and oxygen atoms in total. The van der Waals surface area contributed by atoms with Crippen LogP contribution >= 0.6 is 15.6 Å². The molecule has 0 aliphatic rings. The van der Waals surface area contributed by atoms with Gasteiger partial charge in [-0.1, -0.05) is 272 Å². The van der Waals surface area contributed by atoms with Crippen molar-refractivity contribution in [2.75, 3.05) is 65.9 Å². The number of aliphatic hydroxyl groups is 1. The number of esters is 1. The average Bonchev–Trinajstić information content (AvgIpc) is 3.63. The third-order valence-corrected chi connectivity index (χ3v) is 18.7. The highest BCUT2D eigenvalue weighted by Crippen LogP contribution is 2.44. The van der Waals surface area contributed by atoms with E-state index in [1.54, 1.807) is 0 Å². The van der Waals surface area contributed by atoms with Crippen molar-refractivity contribution in [2.24, 2.45) is 0 Å². The summed E-state index contributed by atoms with van der Waals surface area (Å²) in [6.07, 6.45) is 49.1. The maximum absolute atomic E-state index is 13.2. The molecular weight excluding hydrogens is 1230 g/mol. The van der Waals surface area contributed by atoms with Crippen LogP contribution in [0.25, 0.3) is 0 Å². The van der Waals surface area contributed by atoms with Crippen LogP contribution in [0.15, 0.2) is 0 Å². The highest BCUT2D eigenvalue weighted by atomic mass is 31.2. The Morgan fingerprint density at radius 2 is 0.667 bits per heavy atom. The van der Waals surface area contributed by atoms with Gasteiger partial charge in [-0.2, -0.15) is 0 Å². The Morgan fingerprint density at radius 3 is 1.03 bits per heavy atom. The number of carbonyl (C=O) groups is 4. The average molecular weight is 1370 g/mol. The van der Waals surface area contributed by atoms with Crippen molar-refractivity contribution in [3.05, 3.63) is 0 Å². The molecule has 0 aromatic carbocycles. The smallest absolute Gasteiger partial charge is 0.462 e. The molecule has 0 bridgehead atoms. The van der Waals surface area contributed by atoms with Crippen LogP contribution in [0.3, 0.4) is 0 Å². The van der Waals surface area contributed by atoms with Gasteiger partial charge in [0.25, 0.3) is 0 Å². The second kappa shape index (κ2) is 67.0. The standard InChI is InChI=1S/C71H142N4O16P2/c1-6-11-16-21-24-27-29-32-34-39-44-49-68(77)74-64(60-85-56-52-66(76)47-42-37-19-14-9-4)62-89-92(81,82)87-58-54-72-71(80)73-55-59-88-93(83,84)90-63-65(75-69(78)50-45-40-35-33-30-28-25-22-17-12-7-2)61-86-57-53-67(48-43-38-20-15-10-5)91-70(79)51-46-41-36-31-26-23-18-13-8-3/h64-67,76H,6-63H2,1-5H3,(H,74,77)(H,75,78)(H,81,82)(H,83,84)(H2,72,73,80)/t64-,65+,66+,67+/m0/s1. The van der Waals surface area contributed by atoms with Gasteiger partial charge in [-0.25, -0.2) is 13.9 Å². The highest BCUT2D eigenvalue weighted by molar-refractivity contribution is 7.47. The van der Waals surface area contributed by atoms with Gasteiger partial charge in [-0.3, -0.25) is 32.5 Å². The van der Waals surface area contributed by atoms with Gasteiger partial charge >= 0.3 is 27.6 Å². The monoisotopic (exact) mass is 1370 g/mol. The van der Waals surface area contributed by atoms with E-state index in [1.165, 1.54) is 135 Å². The van der Waals surface area contributed by atoms with E-state index in [9.17, 15) is 43.2 Å². The van der Waals surface area contributed by atoms with E-state index in [-0.39, 0.29) is 76.4 Å². The second-order valence-electron chi connectivity index (χ2n) is 26.0. The van der Waals surface area contributed by atoms with E-state index in [4.69, 9.17) is 32.3 Å². The maximum atomic E-state index is 13.2. The molecular formula is C71H142N4O16P2. The third kappa shape index (κ3) is 65.5. The molecule has 0 radical (unpaired) electrons. The summed E-state index contributed by atoms with van der Waals surface area (Å²) in [5, 5.41) is 21.2. The normalized spacial score (nSPS) is 14.2. The van der Waals surface area contributed by atoms with E-state index < -0.39 is 59.7 Å². The van der Waals surface area contributed by atoms with E-state index >= 15 is 0 Å². The quantitative estimate of drug-likeness (QED) is 0.0169. The van der Waals surface area contributed by atoms with E-state index in [0.717, 1.165) is 128 Å². The number of hydrogen-bond donors (Lipinski definition) is 7. The molecule has 0 aliphatic carbocycles. The lowest BCUT2D eigenvalue weighted by Crippen LogP contribution is -2.41. The molecule has 0 aromatic rings. The number of phosphoric ester groups is 2. The Labute approximate surface area is 566 Å². The zero-order chi connectivity index (χ0) is 68.4. The van der Waals surface area contributed by atoms with Crippen molar-refractivity contribution in [2.45, 2.75) is 367 Å². The van der Waals surface area contributed by atoms with Gasteiger partial charge in [-0.05, 0) is 44.9 Å². The van der Waals surface area contributed by atoms with E-state index in [0.29, 0.717) is 38.5 Å². The van der Waals surface area contributed by atoms with Gasteiger partial charge in [0.05, 0.1) is 64.4 Å². The van der Waals surface area contributed by atoms with Crippen molar-refractivity contribution < 1.29 is 75.5 Å². The van der Waals surface area contributed by atoms with Gasteiger partial charge in [0.15, 0.2) is 0 Å². The van der Waals surface area contributed by atoms with Crippen LogP contribution in [0.5, 0.6) is 0 Å². The molecule has 0 saturated heterocycles. The summed E-state index contributed by atoms with van der Waals surface area (Å²) in [5.74, 6) is -0.643. The minimum atomic E-state index is -4.68. The summed E-state index contributed by atoms with van der Waals surface area (Å²) in [7, 11) is -9.33. The Balaban J connectivity index is 5.27. The molecule has 22 heteroatoms. The molecule has 4 amide bonds. The van der Waals surface area contributed by atoms with Crippen LogP contribution in [0.4, 0.5) is 4.79 Å². The summed E-state index contributed by atoms with van der Waals surface area (Å²) in [5.41, 5.74) is 0. The van der Waals surface area contributed by atoms with Crippen molar-refractivity contribution >= 4 is 39.5 Å². The van der Waals surface area contributed by atoms with Crippen molar-refractivity contribution in [1.82, 2.24) is 21.3 Å². The molecule has 0 rings (SSSR count). The number of rotatable bonds is 73. The summed E-state index contributed by atoms with van der Waals surface area (Å²) in [6.45, 7) is 9.42.